The van der Waals surface area contributed by atoms with Gasteiger partial charge in [0, 0.05) is 17.6 Å². The molecule has 94 valence electrons. The fraction of sp³-hybridized carbons (Fsp3) is 0.500. The molecule has 1 unspecified atom stereocenters. The molecule has 1 saturated heterocycles. The van der Waals surface area contributed by atoms with Crippen molar-refractivity contribution in [2.75, 3.05) is 13.1 Å². The Kier molecular flexibility index (Phi) is 2.28. The molecule has 0 bridgehead atoms. The summed E-state index contributed by atoms with van der Waals surface area (Å²) in [4.78, 5) is 0. The molecule has 1 atom stereocenters. The van der Waals surface area contributed by atoms with Gasteiger partial charge in [0.1, 0.15) is 0 Å². The smallest absolute Gasteiger partial charge is 0.0518 e. The molecule has 1 N–H and O–H groups in total. The highest BCUT2D eigenvalue weighted by atomic mass is 15.0. The first-order chi connectivity index (χ1) is 8.84. The van der Waals surface area contributed by atoms with Gasteiger partial charge in [-0.1, -0.05) is 18.2 Å². The van der Waals surface area contributed by atoms with E-state index < -0.39 is 0 Å². The number of para-hydroxylation sites is 1. The van der Waals surface area contributed by atoms with Crippen molar-refractivity contribution in [2.45, 2.75) is 32.7 Å². The maximum absolute atomic E-state index is 3.49. The van der Waals surface area contributed by atoms with Gasteiger partial charge in [0.05, 0.1) is 5.52 Å². The van der Waals surface area contributed by atoms with E-state index in [0.29, 0.717) is 0 Å². The molecule has 2 aliphatic rings. The summed E-state index contributed by atoms with van der Waals surface area (Å²) in [6.45, 7) is 5.90. The molecule has 0 amide bonds. The summed E-state index contributed by atoms with van der Waals surface area (Å²) in [6, 6.07) is 6.86. The zero-order chi connectivity index (χ0) is 12.1. The maximum atomic E-state index is 3.49. The third kappa shape index (κ3) is 1.39. The normalized spacial score (nSPS) is 22.2. The predicted molar refractivity (Wildman–Crippen MR) is 75.1 cm³/mol. The number of nitrogens with one attached hydrogen (secondary N) is 1. The second kappa shape index (κ2) is 3.86. The van der Waals surface area contributed by atoms with Gasteiger partial charge in [0.15, 0.2) is 0 Å². The molecule has 0 spiro atoms. The molecule has 18 heavy (non-hydrogen) atoms. The van der Waals surface area contributed by atoms with E-state index in [4.69, 9.17) is 0 Å². The lowest BCUT2D eigenvalue weighted by atomic mass is 9.95. The fourth-order valence-electron chi connectivity index (χ4n) is 3.83. The van der Waals surface area contributed by atoms with E-state index in [1.807, 2.05) is 0 Å². The minimum Gasteiger partial charge on any atom is -0.344 e. The topological polar surface area (TPSA) is 17.0 Å². The van der Waals surface area contributed by atoms with Gasteiger partial charge in [-0.15, -0.1) is 0 Å². The van der Waals surface area contributed by atoms with E-state index in [1.165, 1.54) is 55.5 Å². The van der Waals surface area contributed by atoms with Crippen LogP contribution in [0.15, 0.2) is 18.2 Å². The molecule has 1 aromatic heterocycles. The lowest BCUT2D eigenvalue weighted by Gasteiger charge is -2.10. The second-order valence-electron chi connectivity index (χ2n) is 5.84. The van der Waals surface area contributed by atoms with Gasteiger partial charge in [-0.05, 0) is 56.3 Å². The number of hydrogen-bond acceptors (Lipinski definition) is 1. The molecule has 1 aromatic carbocycles. The molecule has 4 rings (SSSR count). The largest absolute Gasteiger partial charge is 0.344 e. The summed E-state index contributed by atoms with van der Waals surface area (Å²) < 4.78 is 2.54. The Balaban J connectivity index is 1.85. The van der Waals surface area contributed by atoms with Crippen molar-refractivity contribution < 1.29 is 0 Å². The van der Waals surface area contributed by atoms with Gasteiger partial charge in [0.2, 0.25) is 0 Å². The van der Waals surface area contributed by atoms with Crippen molar-refractivity contribution >= 4 is 10.9 Å². The molecule has 3 heterocycles. The zero-order valence-electron chi connectivity index (χ0n) is 11.0. The van der Waals surface area contributed by atoms with Crippen LogP contribution in [-0.2, 0) is 19.4 Å². The average Bonchev–Trinajstić information content (AvgIpc) is 3.08. The van der Waals surface area contributed by atoms with E-state index in [2.05, 4.69) is 35.0 Å². The quantitative estimate of drug-likeness (QED) is 0.854. The number of benzene rings is 1. The zero-order valence-corrected chi connectivity index (χ0v) is 11.0. The monoisotopic (exact) mass is 240 g/mol. The first kappa shape index (κ1) is 10.6. The van der Waals surface area contributed by atoms with Crippen LogP contribution in [0.3, 0.4) is 0 Å². The summed E-state index contributed by atoms with van der Waals surface area (Å²) in [5.74, 6) is 0.839. The fourth-order valence-corrected chi connectivity index (χ4v) is 3.83. The molecule has 0 saturated carbocycles. The van der Waals surface area contributed by atoms with Crippen molar-refractivity contribution in [1.29, 1.82) is 0 Å². The van der Waals surface area contributed by atoms with Gasteiger partial charge in [-0.25, -0.2) is 0 Å². The second-order valence-corrected chi connectivity index (χ2v) is 5.84. The molecule has 2 nitrogen and oxygen atoms in total. The molecule has 2 aromatic rings. The first-order valence-electron chi connectivity index (χ1n) is 7.15. The van der Waals surface area contributed by atoms with E-state index in [1.54, 1.807) is 11.1 Å². The first-order valence-corrected chi connectivity index (χ1v) is 7.15. The van der Waals surface area contributed by atoms with Gasteiger partial charge >= 0.3 is 0 Å². The molecule has 2 aliphatic heterocycles. The Bertz CT molecular complexity index is 603. The van der Waals surface area contributed by atoms with Gasteiger partial charge in [0.25, 0.3) is 0 Å². The van der Waals surface area contributed by atoms with E-state index in [0.717, 1.165) is 5.92 Å². The third-order valence-electron chi connectivity index (χ3n) is 4.82. The highest BCUT2D eigenvalue weighted by molar-refractivity contribution is 5.89. The average molecular weight is 240 g/mol. The van der Waals surface area contributed by atoms with Crippen molar-refractivity contribution in [3.8, 4) is 0 Å². The summed E-state index contributed by atoms with van der Waals surface area (Å²) in [5, 5.41) is 5.01. The van der Waals surface area contributed by atoms with Crippen LogP contribution in [0.5, 0.6) is 0 Å². The lowest BCUT2D eigenvalue weighted by molar-refractivity contribution is 0.577. The summed E-state index contributed by atoms with van der Waals surface area (Å²) in [6.07, 6.45) is 3.82. The van der Waals surface area contributed by atoms with Crippen LogP contribution >= 0.6 is 0 Å². The van der Waals surface area contributed by atoms with Crippen LogP contribution in [-0.4, -0.2) is 17.7 Å². The SMILES string of the molecule is Cc1c(CC2CCNC2)c2cccc3c2n1CC3. The number of rotatable bonds is 2. The minimum absolute atomic E-state index is 0.839. The van der Waals surface area contributed by atoms with Crippen LogP contribution < -0.4 is 5.32 Å². The Morgan fingerprint density at radius 1 is 1.39 bits per heavy atom. The molecular weight excluding hydrogens is 220 g/mol. The highest BCUT2D eigenvalue weighted by Crippen LogP contribution is 2.34. The Morgan fingerprint density at radius 3 is 3.17 bits per heavy atom. The van der Waals surface area contributed by atoms with Crippen molar-refractivity contribution in [3.63, 3.8) is 0 Å². The van der Waals surface area contributed by atoms with E-state index >= 15 is 0 Å². The van der Waals surface area contributed by atoms with E-state index in [-0.39, 0.29) is 0 Å². The Labute approximate surface area is 108 Å². The van der Waals surface area contributed by atoms with Gasteiger partial charge < -0.3 is 9.88 Å². The summed E-state index contributed by atoms with van der Waals surface area (Å²) in [7, 11) is 0. The molecule has 0 aliphatic carbocycles. The number of nitrogens with zero attached hydrogens (tertiary/aromatic N) is 1. The van der Waals surface area contributed by atoms with Crippen molar-refractivity contribution in [1.82, 2.24) is 9.88 Å². The standard InChI is InChI=1S/C16H20N2/c1-11-15(9-12-5-7-17-10-12)14-4-2-3-13-6-8-18(11)16(13)14/h2-4,12,17H,5-10H2,1H3. The predicted octanol–water partition coefficient (Wildman–Crippen LogP) is 2.66. The summed E-state index contributed by atoms with van der Waals surface area (Å²) >= 11 is 0. The van der Waals surface area contributed by atoms with Crippen LogP contribution in [0, 0.1) is 12.8 Å². The van der Waals surface area contributed by atoms with Crippen molar-refractivity contribution in [3.05, 3.63) is 35.0 Å². The Morgan fingerprint density at radius 2 is 2.33 bits per heavy atom. The highest BCUT2D eigenvalue weighted by Gasteiger charge is 2.23. The van der Waals surface area contributed by atoms with Gasteiger partial charge in [-0.3, -0.25) is 0 Å². The lowest BCUT2D eigenvalue weighted by Crippen LogP contribution is -2.11. The van der Waals surface area contributed by atoms with E-state index in [9.17, 15) is 0 Å². The minimum atomic E-state index is 0.839. The molecular formula is C16H20N2. The van der Waals surface area contributed by atoms with Crippen LogP contribution in [0.4, 0.5) is 0 Å². The third-order valence-corrected chi connectivity index (χ3v) is 4.82. The number of hydrogen-bond donors (Lipinski definition) is 1. The Hall–Kier alpha value is -1.28. The number of aryl methyl sites for hydroxylation is 2. The summed E-state index contributed by atoms with van der Waals surface area (Å²) in [5.41, 5.74) is 6.20. The van der Waals surface area contributed by atoms with Crippen LogP contribution in [0.2, 0.25) is 0 Å². The molecule has 2 heteroatoms. The van der Waals surface area contributed by atoms with Crippen LogP contribution in [0.1, 0.15) is 23.2 Å². The van der Waals surface area contributed by atoms with Crippen molar-refractivity contribution in [2.24, 2.45) is 5.92 Å². The molecule has 0 radical (unpaired) electrons. The number of aromatic nitrogens is 1. The maximum Gasteiger partial charge on any atom is 0.0518 e. The van der Waals surface area contributed by atoms with Gasteiger partial charge in [-0.2, -0.15) is 0 Å². The molecule has 1 fully saturated rings. The van der Waals surface area contributed by atoms with Crippen LogP contribution in [0.25, 0.3) is 10.9 Å².